The fourth-order valence-corrected chi connectivity index (χ4v) is 1.88. The lowest BCUT2D eigenvalue weighted by Crippen LogP contribution is -2.15. The van der Waals surface area contributed by atoms with Crippen molar-refractivity contribution in [2.75, 3.05) is 12.4 Å². The quantitative estimate of drug-likeness (QED) is 0.881. The van der Waals surface area contributed by atoms with Gasteiger partial charge >= 0.3 is 0 Å². The predicted molar refractivity (Wildman–Crippen MR) is 73.3 cm³/mol. The molecule has 1 aromatic carbocycles. The van der Waals surface area contributed by atoms with E-state index in [0.717, 1.165) is 12.0 Å². The largest absolute Gasteiger partial charge is 0.494 e. The van der Waals surface area contributed by atoms with Crippen LogP contribution in [0, 0.1) is 5.82 Å². The second-order valence-electron chi connectivity index (χ2n) is 4.32. The number of benzene rings is 1. The fraction of sp³-hybridized carbons (Fsp3) is 0.286. The molecule has 0 saturated heterocycles. The number of carbonyl (C=O) groups is 1. The number of hydrogen-bond donors (Lipinski definition) is 2. The summed E-state index contributed by atoms with van der Waals surface area (Å²) in [6.07, 6.45) is 2.52. The van der Waals surface area contributed by atoms with Crippen LogP contribution >= 0.6 is 0 Å². The molecule has 0 aliphatic carbocycles. The molecule has 0 fully saturated rings. The first-order chi connectivity index (χ1) is 9.63. The van der Waals surface area contributed by atoms with Crippen molar-refractivity contribution in [3.63, 3.8) is 0 Å². The average Bonchev–Trinajstić information content (AvgIpc) is 2.86. The Balaban J connectivity index is 2.03. The molecule has 0 aliphatic rings. The Hall–Kier alpha value is -2.37. The lowest BCUT2D eigenvalue weighted by molar-refractivity contribution is -0.115. The van der Waals surface area contributed by atoms with Crippen LogP contribution < -0.4 is 10.1 Å². The van der Waals surface area contributed by atoms with Crippen molar-refractivity contribution < 1.29 is 13.9 Å². The van der Waals surface area contributed by atoms with E-state index in [1.54, 1.807) is 12.3 Å². The van der Waals surface area contributed by atoms with Crippen molar-refractivity contribution >= 4 is 11.7 Å². The van der Waals surface area contributed by atoms with Crippen molar-refractivity contribution in [2.24, 2.45) is 0 Å². The Labute approximate surface area is 116 Å². The van der Waals surface area contributed by atoms with Crippen LogP contribution in [0.1, 0.15) is 18.1 Å². The highest BCUT2D eigenvalue weighted by molar-refractivity contribution is 5.92. The van der Waals surface area contributed by atoms with E-state index in [1.807, 2.05) is 6.92 Å². The van der Waals surface area contributed by atoms with Gasteiger partial charge in [0.15, 0.2) is 11.6 Å². The molecule has 0 spiro atoms. The number of halogens is 1. The molecule has 2 N–H and O–H groups in total. The van der Waals surface area contributed by atoms with Gasteiger partial charge in [-0.3, -0.25) is 9.89 Å². The summed E-state index contributed by atoms with van der Waals surface area (Å²) in [6, 6.07) is 4.47. The molecule has 1 amide bonds. The van der Waals surface area contributed by atoms with Crippen LogP contribution in [0.5, 0.6) is 5.75 Å². The summed E-state index contributed by atoms with van der Waals surface area (Å²) in [5, 5.41) is 9.33. The first-order valence-electron chi connectivity index (χ1n) is 6.28. The van der Waals surface area contributed by atoms with E-state index >= 15 is 0 Å². The van der Waals surface area contributed by atoms with Crippen LogP contribution in [0.4, 0.5) is 10.2 Å². The van der Waals surface area contributed by atoms with Crippen molar-refractivity contribution in [3.8, 4) is 5.75 Å². The Bertz CT molecular complexity index is 610. The van der Waals surface area contributed by atoms with E-state index < -0.39 is 5.82 Å². The number of H-pyrrole nitrogens is 1. The summed E-state index contributed by atoms with van der Waals surface area (Å²) in [6.45, 7) is 1.97. The summed E-state index contributed by atoms with van der Waals surface area (Å²) in [4.78, 5) is 11.9. The standard InChI is InChI=1S/C14H16FN3O2/c1-3-10-8-16-18-14(10)17-13(19)7-9-4-5-12(20-2)11(15)6-9/h4-6,8H,3,7H2,1-2H3,(H2,16,17,18,19). The molecule has 6 heteroatoms. The van der Waals surface area contributed by atoms with Crippen LogP contribution in [0.3, 0.4) is 0 Å². The van der Waals surface area contributed by atoms with Gasteiger partial charge in [0.1, 0.15) is 5.82 Å². The van der Waals surface area contributed by atoms with Crippen molar-refractivity contribution in [1.29, 1.82) is 0 Å². The number of aromatic amines is 1. The maximum Gasteiger partial charge on any atom is 0.229 e. The van der Waals surface area contributed by atoms with Gasteiger partial charge in [0, 0.05) is 5.56 Å². The fourth-order valence-electron chi connectivity index (χ4n) is 1.88. The number of methoxy groups -OCH3 is 1. The number of amides is 1. The van der Waals surface area contributed by atoms with E-state index in [0.29, 0.717) is 11.4 Å². The van der Waals surface area contributed by atoms with E-state index in [4.69, 9.17) is 4.74 Å². The van der Waals surface area contributed by atoms with Gasteiger partial charge in [0.05, 0.1) is 19.7 Å². The monoisotopic (exact) mass is 277 g/mol. The number of aryl methyl sites for hydroxylation is 1. The van der Waals surface area contributed by atoms with E-state index in [1.165, 1.54) is 19.2 Å². The molecule has 0 bridgehead atoms. The Morgan fingerprint density at radius 3 is 2.95 bits per heavy atom. The molecule has 2 rings (SSSR count). The molecule has 2 aromatic rings. The SMILES string of the molecule is CCc1cn[nH]c1NC(=O)Cc1ccc(OC)c(F)c1. The van der Waals surface area contributed by atoms with Gasteiger partial charge in [-0.2, -0.15) is 5.10 Å². The number of anilines is 1. The third kappa shape index (κ3) is 3.14. The maximum atomic E-state index is 13.5. The van der Waals surface area contributed by atoms with E-state index in [9.17, 15) is 9.18 Å². The molecule has 1 heterocycles. The number of nitrogens with zero attached hydrogens (tertiary/aromatic N) is 1. The summed E-state index contributed by atoms with van der Waals surface area (Å²) in [5.41, 5.74) is 1.51. The zero-order chi connectivity index (χ0) is 14.5. The van der Waals surface area contributed by atoms with Gasteiger partial charge in [-0.1, -0.05) is 13.0 Å². The molecule has 1 aromatic heterocycles. The minimum atomic E-state index is -0.478. The molecule has 106 valence electrons. The van der Waals surface area contributed by atoms with Crippen molar-refractivity contribution in [3.05, 3.63) is 41.3 Å². The van der Waals surface area contributed by atoms with Crippen molar-refractivity contribution in [2.45, 2.75) is 19.8 Å². The molecule has 0 atom stereocenters. The topological polar surface area (TPSA) is 67.0 Å². The molecule has 0 unspecified atom stereocenters. The zero-order valence-corrected chi connectivity index (χ0v) is 11.4. The number of nitrogens with one attached hydrogen (secondary N) is 2. The van der Waals surface area contributed by atoms with Crippen LogP contribution in [-0.4, -0.2) is 23.2 Å². The second kappa shape index (κ2) is 6.18. The summed E-state index contributed by atoms with van der Waals surface area (Å²) in [7, 11) is 1.40. The maximum absolute atomic E-state index is 13.5. The van der Waals surface area contributed by atoms with Gasteiger partial charge < -0.3 is 10.1 Å². The van der Waals surface area contributed by atoms with Gasteiger partial charge in [-0.15, -0.1) is 0 Å². The van der Waals surface area contributed by atoms with Gasteiger partial charge in [-0.25, -0.2) is 4.39 Å². The minimum Gasteiger partial charge on any atom is -0.494 e. The molecular formula is C14H16FN3O2. The average molecular weight is 277 g/mol. The van der Waals surface area contributed by atoms with E-state index in [2.05, 4.69) is 15.5 Å². The van der Waals surface area contributed by atoms with E-state index in [-0.39, 0.29) is 18.1 Å². The third-order valence-electron chi connectivity index (χ3n) is 2.94. The highest BCUT2D eigenvalue weighted by Gasteiger charge is 2.10. The highest BCUT2D eigenvalue weighted by Crippen LogP contribution is 2.18. The first-order valence-corrected chi connectivity index (χ1v) is 6.28. The number of rotatable bonds is 5. The summed E-state index contributed by atoms with van der Waals surface area (Å²) >= 11 is 0. The summed E-state index contributed by atoms with van der Waals surface area (Å²) < 4.78 is 18.4. The normalized spacial score (nSPS) is 10.3. The number of ether oxygens (including phenoxy) is 1. The number of aromatic nitrogens is 2. The van der Waals surface area contributed by atoms with Gasteiger partial charge in [-0.05, 0) is 24.1 Å². The van der Waals surface area contributed by atoms with Gasteiger partial charge in [0.2, 0.25) is 5.91 Å². The zero-order valence-electron chi connectivity index (χ0n) is 11.4. The highest BCUT2D eigenvalue weighted by atomic mass is 19.1. The van der Waals surface area contributed by atoms with Crippen LogP contribution in [0.25, 0.3) is 0 Å². The summed E-state index contributed by atoms with van der Waals surface area (Å²) in [5.74, 6) is 0.0459. The Kier molecular flexibility index (Phi) is 4.34. The number of carbonyl (C=O) groups excluding carboxylic acids is 1. The molecule has 20 heavy (non-hydrogen) atoms. The first kappa shape index (κ1) is 14.0. The molecule has 0 saturated carbocycles. The molecule has 5 nitrogen and oxygen atoms in total. The third-order valence-corrected chi connectivity index (χ3v) is 2.94. The Morgan fingerprint density at radius 2 is 2.30 bits per heavy atom. The van der Waals surface area contributed by atoms with Crippen LogP contribution in [0.15, 0.2) is 24.4 Å². The number of hydrogen-bond acceptors (Lipinski definition) is 3. The smallest absolute Gasteiger partial charge is 0.229 e. The lowest BCUT2D eigenvalue weighted by atomic mass is 10.1. The molecule has 0 radical (unpaired) electrons. The minimum absolute atomic E-state index is 0.0864. The van der Waals surface area contributed by atoms with Crippen LogP contribution in [-0.2, 0) is 17.6 Å². The van der Waals surface area contributed by atoms with Crippen molar-refractivity contribution in [1.82, 2.24) is 10.2 Å². The predicted octanol–water partition coefficient (Wildman–Crippen LogP) is 2.30. The Morgan fingerprint density at radius 1 is 1.50 bits per heavy atom. The molecule has 0 aliphatic heterocycles. The lowest BCUT2D eigenvalue weighted by Gasteiger charge is -2.06. The second-order valence-corrected chi connectivity index (χ2v) is 4.32. The van der Waals surface area contributed by atoms with Crippen LogP contribution in [0.2, 0.25) is 0 Å². The van der Waals surface area contributed by atoms with Gasteiger partial charge in [0.25, 0.3) is 0 Å². The molecular weight excluding hydrogens is 261 g/mol.